The lowest BCUT2D eigenvalue weighted by molar-refractivity contribution is -0.383. The van der Waals surface area contributed by atoms with Gasteiger partial charge < -0.3 is 10.8 Å². The first kappa shape index (κ1) is 16.1. The van der Waals surface area contributed by atoms with Crippen LogP contribution >= 0.6 is 11.3 Å². The molecule has 0 aromatic carbocycles. The second-order valence-electron chi connectivity index (χ2n) is 4.85. The molecule has 0 amide bonds. The first-order valence-electron chi connectivity index (χ1n) is 6.54. The van der Waals surface area contributed by atoms with Gasteiger partial charge in [0, 0.05) is 18.7 Å². The molecule has 1 aliphatic rings. The third-order valence-electron chi connectivity index (χ3n) is 3.53. The van der Waals surface area contributed by atoms with Gasteiger partial charge in [-0.3, -0.25) is 10.1 Å². The molecule has 1 heterocycles. The van der Waals surface area contributed by atoms with Gasteiger partial charge in [-0.2, -0.15) is 4.31 Å². The van der Waals surface area contributed by atoms with E-state index in [2.05, 4.69) is 0 Å². The standard InChI is InChI=1S/C11H17N3O5S2/c12-11-9(14(16)17)7-10(20-11)21(18,19)13(5-6-15)8-3-1-2-4-8/h7-8,15H,1-6,12H2. The van der Waals surface area contributed by atoms with Gasteiger partial charge in [-0.15, -0.1) is 0 Å². The molecule has 1 aromatic heterocycles. The number of aliphatic hydroxyl groups is 1. The monoisotopic (exact) mass is 335 g/mol. The molecule has 0 unspecified atom stereocenters. The number of sulfonamides is 1. The molecule has 0 bridgehead atoms. The Bertz CT molecular complexity index is 622. The van der Waals surface area contributed by atoms with Crippen molar-refractivity contribution in [2.75, 3.05) is 18.9 Å². The normalized spacial score (nSPS) is 16.7. The quantitative estimate of drug-likeness (QED) is 0.593. The number of nitro groups is 1. The summed E-state index contributed by atoms with van der Waals surface area (Å²) in [6.45, 7) is -0.308. The van der Waals surface area contributed by atoms with Crippen LogP contribution in [0.1, 0.15) is 25.7 Å². The number of aliphatic hydroxyl groups excluding tert-OH is 1. The van der Waals surface area contributed by atoms with Crippen molar-refractivity contribution in [2.45, 2.75) is 35.9 Å². The van der Waals surface area contributed by atoms with E-state index >= 15 is 0 Å². The molecule has 1 aromatic rings. The van der Waals surface area contributed by atoms with Crippen LogP contribution in [0.3, 0.4) is 0 Å². The van der Waals surface area contributed by atoms with Gasteiger partial charge in [-0.05, 0) is 12.8 Å². The molecule has 0 atom stereocenters. The Hall–Kier alpha value is -1.23. The van der Waals surface area contributed by atoms with Crippen LogP contribution in [-0.4, -0.2) is 41.9 Å². The minimum Gasteiger partial charge on any atom is -0.395 e. The van der Waals surface area contributed by atoms with E-state index in [1.54, 1.807) is 0 Å². The summed E-state index contributed by atoms with van der Waals surface area (Å²) in [5.74, 6) is 0. The lowest BCUT2D eigenvalue weighted by atomic mass is 10.2. The maximum absolute atomic E-state index is 12.6. The van der Waals surface area contributed by atoms with Gasteiger partial charge in [0.25, 0.3) is 10.0 Å². The minimum absolute atomic E-state index is 0.0153. The van der Waals surface area contributed by atoms with Crippen LogP contribution in [0.25, 0.3) is 0 Å². The van der Waals surface area contributed by atoms with E-state index in [4.69, 9.17) is 10.8 Å². The van der Waals surface area contributed by atoms with Crippen LogP contribution < -0.4 is 5.73 Å². The van der Waals surface area contributed by atoms with Crippen molar-refractivity contribution in [1.29, 1.82) is 0 Å². The molecule has 10 heteroatoms. The zero-order valence-electron chi connectivity index (χ0n) is 11.3. The van der Waals surface area contributed by atoms with Crippen molar-refractivity contribution < 1.29 is 18.4 Å². The van der Waals surface area contributed by atoms with Crippen LogP contribution in [0.2, 0.25) is 0 Å². The van der Waals surface area contributed by atoms with E-state index in [0.717, 1.165) is 31.7 Å². The lowest BCUT2D eigenvalue weighted by Gasteiger charge is -2.26. The zero-order chi connectivity index (χ0) is 15.6. The maximum atomic E-state index is 12.6. The van der Waals surface area contributed by atoms with E-state index in [-0.39, 0.29) is 28.4 Å². The summed E-state index contributed by atoms with van der Waals surface area (Å²) >= 11 is 0.687. The van der Waals surface area contributed by atoms with Crippen LogP contribution in [0.15, 0.2) is 10.3 Å². The number of nitrogens with two attached hydrogens (primary N) is 1. The highest BCUT2D eigenvalue weighted by Gasteiger charge is 2.35. The van der Waals surface area contributed by atoms with E-state index in [1.807, 2.05) is 0 Å². The van der Waals surface area contributed by atoms with Gasteiger partial charge in [-0.25, -0.2) is 8.42 Å². The SMILES string of the molecule is Nc1sc(S(=O)(=O)N(CCO)C2CCCC2)cc1[N+](=O)[O-]. The Morgan fingerprint density at radius 3 is 2.57 bits per heavy atom. The molecule has 8 nitrogen and oxygen atoms in total. The predicted octanol–water partition coefficient (Wildman–Crippen LogP) is 1.16. The summed E-state index contributed by atoms with van der Waals surface area (Å²) in [4.78, 5) is 10.1. The van der Waals surface area contributed by atoms with Crippen molar-refractivity contribution in [3.8, 4) is 0 Å². The van der Waals surface area contributed by atoms with Crippen LogP contribution in [0.5, 0.6) is 0 Å². The first-order valence-corrected chi connectivity index (χ1v) is 8.80. The van der Waals surface area contributed by atoms with Crippen molar-refractivity contribution in [3.63, 3.8) is 0 Å². The van der Waals surface area contributed by atoms with Gasteiger partial charge in [-0.1, -0.05) is 24.2 Å². The highest BCUT2D eigenvalue weighted by Crippen LogP contribution is 2.37. The number of hydrogen-bond donors (Lipinski definition) is 2. The second kappa shape index (κ2) is 6.26. The summed E-state index contributed by atoms with van der Waals surface area (Å²) in [6.07, 6.45) is 3.36. The Labute approximate surface area is 126 Å². The van der Waals surface area contributed by atoms with Crippen molar-refractivity contribution in [3.05, 3.63) is 16.2 Å². The Morgan fingerprint density at radius 1 is 1.48 bits per heavy atom. The van der Waals surface area contributed by atoms with E-state index in [0.29, 0.717) is 11.3 Å². The van der Waals surface area contributed by atoms with Crippen molar-refractivity contribution in [2.24, 2.45) is 0 Å². The molecular weight excluding hydrogens is 318 g/mol. The third kappa shape index (κ3) is 3.18. The molecule has 118 valence electrons. The van der Waals surface area contributed by atoms with E-state index in [9.17, 15) is 18.5 Å². The Balaban J connectivity index is 2.37. The minimum atomic E-state index is -3.87. The molecule has 3 N–H and O–H groups in total. The zero-order valence-corrected chi connectivity index (χ0v) is 12.9. The van der Waals surface area contributed by atoms with Crippen molar-refractivity contribution in [1.82, 2.24) is 4.31 Å². The van der Waals surface area contributed by atoms with Crippen LogP contribution in [-0.2, 0) is 10.0 Å². The molecule has 0 radical (unpaired) electrons. The van der Waals surface area contributed by atoms with Crippen molar-refractivity contribution >= 4 is 32.0 Å². The fourth-order valence-corrected chi connectivity index (χ4v) is 5.57. The van der Waals surface area contributed by atoms with Gasteiger partial charge in [0.1, 0.15) is 4.21 Å². The highest BCUT2D eigenvalue weighted by molar-refractivity contribution is 7.91. The number of anilines is 1. The second-order valence-corrected chi connectivity index (χ2v) is 8.05. The molecule has 1 saturated carbocycles. The molecule has 0 spiro atoms. The largest absolute Gasteiger partial charge is 0.395 e. The third-order valence-corrected chi connectivity index (χ3v) is 6.88. The Kier molecular flexibility index (Phi) is 4.81. The summed E-state index contributed by atoms with van der Waals surface area (Å²) < 4.78 is 26.4. The Morgan fingerprint density at radius 2 is 2.10 bits per heavy atom. The lowest BCUT2D eigenvalue weighted by Crippen LogP contribution is -2.40. The number of nitrogen functional groups attached to an aromatic ring is 1. The molecule has 0 saturated heterocycles. The van der Waals surface area contributed by atoms with Gasteiger partial charge in [0.15, 0.2) is 5.00 Å². The van der Waals surface area contributed by atoms with E-state index in [1.165, 1.54) is 4.31 Å². The number of nitrogens with zero attached hydrogens (tertiary/aromatic N) is 2. The van der Waals surface area contributed by atoms with Gasteiger partial charge in [0.05, 0.1) is 11.5 Å². The molecule has 2 rings (SSSR count). The average Bonchev–Trinajstić information content (AvgIpc) is 3.04. The summed E-state index contributed by atoms with van der Waals surface area (Å²) in [5, 5.41) is 19.8. The van der Waals surface area contributed by atoms with Crippen LogP contribution in [0.4, 0.5) is 10.7 Å². The van der Waals surface area contributed by atoms with E-state index < -0.39 is 20.6 Å². The molecule has 21 heavy (non-hydrogen) atoms. The number of hydrogen-bond acceptors (Lipinski definition) is 7. The van der Waals surface area contributed by atoms with Gasteiger partial charge in [0.2, 0.25) is 0 Å². The average molecular weight is 335 g/mol. The number of thiophene rings is 1. The topological polar surface area (TPSA) is 127 Å². The summed E-state index contributed by atoms with van der Waals surface area (Å²) in [6, 6.07) is 0.832. The maximum Gasteiger partial charge on any atom is 0.304 e. The van der Waals surface area contributed by atoms with Gasteiger partial charge >= 0.3 is 5.69 Å². The number of rotatable bonds is 6. The summed E-state index contributed by atoms with van der Waals surface area (Å²) in [5.41, 5.74) is 5.12. The first-order chi connectivity index (χ1) is 9.87. The highest BCUT2D eigenvalue weighted by atomic mass is 32.2. The molecule has 1 fully saturated rings. The fourth-order valence-electron chi connectivity index (χ4n) is 2.55. The molecular formula is C11H17N3O5S2. The summed E-state index contributed by atoms with van der Waals surface area (Å²) in [7, 11) is -3.87. The smallest absolute Gasteiger partial charge is 0.304 e. The molecule has 0 aliphatic heterocycles. The van der Waals surface area contributed by atoms with Crippen LogP contribution in [0, 0.1) is 10.1 Å². The predicted molar refractivity (Wildman–Crippen MR) is 78.6 cm³/mol. The molecule has 1 aliphatic carbocycles. The fraction of sp³-hybridized carbons (Fsp3) is 0.636.